The van der Waals surface area contributed by atoms with E-state index in [9.17, 15) is 4.39 Å². The number of rotatable bonds is 7. The summed E-state index contributed by atoms with van der Waals surface area (Å²) in [5.74, 6) is 1.24. The number of benzene rings is 3. The molecule has 0 aromatic heterocycles. The largest absolute Gasteiger partial charge is 0.494 e. The van der Waals surface area contributed by atoms with E-state index in [1.165, 1.54) is 6.07 Å². The molecule has 0 saturated carbocycles. The van der Waals surface area contributed by atoms with Gasteiger partial charge in [0.05, 0.1) is 12.3 Å². The van der Waals surface area contributed by atoms with E-state index in [2.05, 4.69) is 4.99 Å². The summed E-state index contributed by atoms with van der Waals surface area (Å²) < 4.78 is 24.8. The van der Waals surface area contributed by atoms with Crippen molar-refractivity contribution in [1.29, 1.82) is 0 Å². The van der Waals surface area contributed by atoms with Crippen LogP contribution in [0, 0.1) is 5.82 Å². The lowest BCUT2D eigenvalue weighted by molar-refractivity contribution is 0.300. The number of aliphatic imine (C=N–C) groups is 1. The van der Waals surface area contributed by atoms with E-state index in [1.807, 2.05) is 55.5 Å². The fraction of sp³-hybridized carbons (Fsp3) is 0.136. The number of hydrogen-bond acceptors (Lipinski definition) is 3. The van der Waals surface area contributed by atoms with Gasteiger partial charge in [-0.2, -0.15) is 0 Å². The van der Waals surface area contributed by atoms with Crippen molar-refractivity contribution >= 4 is 11.9 Å². The van der Waals surface area contributed by atoms with Gasteiger partial charge in [-0.05, 0) is 55.0 Å². The predicted molar refractivity (Wildman–Crippen MR) is 102 cm³/mol. The zero-order valence-corrected chi connectivity index (χ0v) is 14.6. The van der Waals surface area contributed by atoms with Crippen molar-refractivity contribution in [2.75, 3.05) is 6.61 Å². The molecule has 0 unspecified atom stereocenters. The second kappa shape index (κ2) is 8.81. The highest BCUT2D eigenvalue weighted by Crippen LogP contribution is 2.19. The van der Waals surface area contributed by atoms with Crippen LogP contribution in [0.3, 0.4) is 0 Å². The van der Waals surface area contributed by atoms with E-state index < -0.39 is 0 Å². The Bertz CT molecular complexity index is 875. The summed E-state index contributed by atoms with van der Waals surface area (Å²) >= 11 is 0. The molecule has 0 heterocycles. The second-order valence-electron chi connectivity index (χ2n) is 5.64. The number of ether oxygens (including phenoxy) is 2. The lowest BCUT2D eigenvalue weighted by Crippen LogP contribution is -1.98. The summed E-state index contributed by atoms with van der Waals surface area (Å²) in [6.07, 6.45) is 1.77. The number of hydrogen-bond donors (Lipinski definition) is 0. The van der Waals surface area contributed by atoms with Crippen molar-refractivity contribution in [2.45, 2.75) is 13.5 Å². The Hall–Kier alpha value is -3.14. The minimum absolute atomic E-state index is 0.187. The zero-order valence-electron chi connectivity index (χ0n) is 14.6. The van der Waals surface area contributed by atoms with Crippen molar-refractivity contribution < 1.29 is 13.9 Å². The Kier molecular flexibility index (Phi) is 5.99. The topological polar surface area (TPSA) is 30.8 Å². The van der Waals surface area contributed by atoms with Gasteiger partial charge in [0.1, 0.15) is 23.9 Å². The van der Waals surface area contributed by atoms with Crippen LogP contribution in [0.1, 0.15) is 18.1 Å². The molecule has 3 aromatic rings. The quantitative estimate of drug-likeness (QED) is 0.523. The molecular formula is C22H20FNO2. The number of halogens is 1. The highest BCUT2D eigenvalue weighted by molar-refractivity contribution is 5.82. The third-order valence-corrected chi connectivity index (χ3v) is 3.72. The first-order chi connectivity index (χ1) is 12.7. The second-order valence-corrected chi connectivity index (χ2v) is 5.64. The molecule has 132 valence electrons. The molecule has 3 aromatic carbocycles. The van der Waals surface area contributed by atoms with Crippen LogP contribution in [0.4, 0.5) is 10.1 Å². The van der Waals surface area contributed by atoms with Crippen LogP contribution in [0.15, 0.2) is 77.8 Å². The maximum absolute atomic E-state index is 13.6. The van der Waals surface area contributed by atoms with Crippen molar-refractivity contribution in [1.82, 2.24) is 0 Å². The summed E-state index contributed by atoms with van der Waals surface area (Å²) in [7, 11) is 0. The summed E-state index contributed by atoms with van der Waals surface area (Å²) in [5.41, 5.74) is 2.28. The summed E-state index contributed by atoms with van der Waals surface area (Å²) in [5, 5.41) is 0. The van der Waals surface area contributed by atoms with E-state index in [0.29, 0.717) is 17.9 Å². The Morgan fingerprint density at radius 3 is 2.46 bits per heavy atom. The first-order valence-corrected chi connectivity index (χ1v) is 8.48. The molecule has 0 aliphatic heterocycles. The molecule has 0 N–H and O–H groups in total. The van der Waals surface area contributed by atoms with Crippen LogP contribution in [0.2, 0.25) is 0 Å². The molecule has 0 spiro atoms. The predicted octanol–water partition coefficient (Wildman–Crippen LogP) is 5.55. The fourth-order valence-electron chi connectivity index (χ4n) is 2.41. The van der Waals surface area contributed by atoms with Crippen molar-refractivity contribution in [2.24, 2.45) is 4.99 Å². The maximum atomic E-state index is 13.6. The Balaban J connectivity index is 1.64. The standard InChI is InChI=1S/C22H20FNO2/c1-2-25-20-12-10-19(11-13-20)24-15-17-6-5-8-21(14-17)26-16-18-7-3-4-9-22(18)23/h3-15H,2,16H2,1H3. The van der Waals surface area contributed by atoms with Gasteiger partial charge in [0.2, 0.25) is 0 Å². The van der Waals surface area contributed by atoms with Crippen LogP contribution in [0.5, 0.6) is 11.5 Å². The van der Waals surface area contributed by atoms with Gasteiger partial charge in [0.15, 0.2) is 0 Å². The minimum Gasteiger partial charge on any atom is -0.494 e. The Labute approximate surface area is 152 Å². The molecule has 4 heteroatoms. The van der Waals surface area contributed by atoms with Gasteiger partial charge in [-0.15, -0.1) is 0 Å². The molecule has 0 saturated heterocycles. The third kappa shape index (κ3) is 4.93. The monoisotopic (exact) mass is 349 g/mol. The molecule has 3 nitrogen and oxygen atoms in total. The number of nitrogens with zero attached hydrogens (tertiary/aromatic N) is 1. The lowest BCUT2D eigenvalue weighted by Gasteiger charge is -2.07. The van der Waals surface area contributed by atoms with Gasteiger partial charge in [-0.3, -0.25) is 4.99 Å². The molecule has 26 heavy (non-hydrogen) atoms. The van der Waals surface area contributed by atoms with Gasteiger partial charge in [-0.25, -0.2) is 4.39 Å². The van der Waals surface area contributed by atoms with Gasteiger partial charge in [0.25, 0.3) is 0 Å². The SMILES string of the molecule is CCOc1ccc(N=Cc2cccc(OCc3ccccc3F)c2)cc1. The Morgan fingerprint density at radius 1 is 0.885 bits per heavy atom. The molecule has 0 radical (unpaired) electrons. The van der Waals surface area contributed by atoms with Crippen molar-refractivity contribution in [3.63, 3.8) is 0 Å². The van der Waals surface area contributed by atoms with Crippen LogP contribution in [-0.4, -0.2) is 12.8 Å². The van der Waals surface area contributed by atoms with Crippen LogP contribution in [0.25, 0.3) is 0 Å². The average Bonchev–Trinajstić information content (AvgIpc) is 2.67. The molecular weight excluding hydrogens is 329 g/mol. The van der Waals surface area contributed by atoms with E-state index in [-0.39, 0.29) is 12.4 Å². The highest BCUT2D eigenvalue weighted by Gasteiger charge is 2.02. The van der Waals surface area contributed by atoms with Crippen molar-refractivity contribution in [3.05, 3.63) is 89.7 Å². The van der Waals surface area contributed by atoms with Crippen molar-refractivity contribution in [3.8, 4) is 11.5 Å². The molecule has 0 bridgehead atoms. The van der Waals surface area contributed by atoms with Crippen LogP contribution >= 0.6 is 0 Å². The van der Waals surface area contributed by atoms with E-state index in [0.717, 1.165) is 17.0 Å². The van der Waals surface area contributed by atoms with Gasteiger partial charge < -0.3 is 9.47 Å². The molecule has 3 rings (SSSR count). The Morgan fingerprint density at radius 2 is 1.69 bits per heavy atom. The zero-order chi connectivity index (χ0) is 18.2. The summed E-state index contributed by atoms with van der Waals surface area (Å²) in [4.78, 5) is 4.46. The smallest absolute Gasteiger partial charge is 0.129 e. The summed E-state index contributed by atoms with van der Waals surface area (Å²) in [6.45, 7) is 2.78. The van der Waals surface area contributed by atoms with Gasteiger partial charge >= 0.3 is 0 Å². The lowest BCUT2D eigenvalue weighted by atomic mass is 10.2. The van der Waals surface area contributed by atoms with Crippen LogP contribution in [-0.2, 0) is 6.61 Å². The molecule has 0 atom stereocenters. The molecule has 0 fully saturated rings. The normalized spacial score (nSPS) is 10.8. The van der Waals surface area contributed by atoms with E-state index in [1.54, 1.807) is 24.4 Å². The fourth-order valence-corrected chi connectivity index (χ4v) is 2.41. The first kappa shape index (κ1) is 17.7. The third-order valence-electron chi connectivity index (χ3n) is 3.72. The summed E-state index contributed by atoms with van der Waals surface area (Å²) in [6, 6.07) is 21.7. The van der Waals surface area contributed by atoms with E-state index >= 15 is 0 Å². The maximum Gasteiger partial charge on any atom is 0.129 e. The highest BCUT2D eigenvalue weighted by atomic mass is 19.1. The van der Waals surface area contributed by atoms with Crippen LogP contribution < -0.4 is 9.47 Å². The minimum atomic E-state index is -0.263. The molecule has 0 amide bonds. The first-order valence-electron chi connectivity index (χ1n) is 8.48. The average molecular weight is 349 g/mol. The van der Waals surface area contributed by atoms with E-state index in [4.69, 9.17) is 9.47 Å². The molecule has 0 aliphatic rings. The molecule has 0 aliphatic carbocycles. The van der Waals surface area contributed by atoms with Gasteiger partial charge in [0, 0.05) is 11.8 Å². The van der Waals surface area contributed by atoms with Gasteiger partial charge in [-0.1, -0.05) is 30.3 Å².